The van der Waals surface area contributed by atoms with Crippen LogP contribution < -0.4 is 5.32 Å². The molecule has 0 saturated heterocycles. The molecule has 2 nitrogen and oxygen atoms in total. The van der Waals surface area contributed by atoms with E-state index in [1.165, 1.54) is 12.2 Å². The number of nitrogens with one attached hydrogen (secondary N) is 1. The summed E-state index contributed by atoms with van der Waals surface area (Å²) in [5.74, 6) is 4.59. The Labute approximate surface area is 131 Å². The Morgan fingerprint density at radius 2 is 2.00 bits per heavy atom. The van der Waals surface area contributed by atoms with Gasteiger partial charge in [-0.25, -0.2) is 0 Å². The van der Waals surface area contributed by atoms with Crippen LogP contribution in [0.25, 0.3) is 0 Å². The molecule has 0 aromatic heterocycles. The van der Waals surface area contributed by atoms with E-state index in [0.29, 0.717) is 11.5 Å². The van der Waals surface area contributed by atoms with Crippen molar-refractivity contribution >= 4 is 22.6 Å². The molecule has 1 aromatic carbocycles. The molecule has 1 heterocycles. The quantitative estimate of drug-likeness (QED) is 0.826. The molecule has 2 saturated carbocycles. The first-order valence-electron chi connectivity index (χ1n) is 8.10. The van der Waals surface area contributed by atoms with Crippen LogP contribution >= 0.6 is 11.8 Å². The number of aliphatic imine (C=N–C) groups is 1. The zero-order valence-corrected chi connectivity index (χ0v) is 13.9. The van der Waals surface area contributed by atoms with Crippen molar-refractivity contribution in [1.82, 2.24) is 0 Å². The van der Waals surface area contributed by atoms with Crippen molar-refractivity contribution in [3.8, 4) is 0 Å². The summed E-state index contributed by atoms with van der Waals surface area (Å²) in [6, 6.07) is 10.9. The second kappa shape index (κ2) is 4.77. The molecule has 2 fully saturated rings. The summed E-state index contributed by atoms with van der Waals surface area (Å²) in [5, 5.41) is 4.61. The van der Waals surface area contributed by atoms with Crippen molar-refractivity contribution in [2.75, 3.05) is 11.1 Å². The molecule has 2 aliphatic carbocycles. The smallest absolute Gasteiger partial charge is 0.161 e. The van der Waals surface area contributed by atoms with Crippen LogP contribution in [0.15, 0.2) is 35.3 Å². The highest BCUT2D eigenvalue weighted by Crippen LogP contribution is 2.68. The molecule has 0 amide bonds. The van der Waals surface area contributed by atoms with Crippen molar-refractivity contribution in [2.24, 2.45) is 34.1 Å². The molecule has 0 spiro atoms. The van der Waals surface area contributed by atoms with E-state index < -0.39 is 0 Å². The Morgan fingerprint density at radius 3 is 2.76 bits per heavy atom. The number of anilines is 1. The van der Waals surface area contributed by atoms with Crippen molar-refractivity contribution in [1.29, 1.82) is 0 Å². The highest BCUT2D eigenvalue weighted by atomic mass is 32.2. The van der Waals surface area contributed by atoms with E-state index in [0.717, 1.165) is 34.5 Å². The van der Waals surface area contributed by atoms with Gasteiger partial charge in [0.05, 0.1) is 6.04 Å². The summed E-state index contributed by atoms with van der Waals surface area (Å²) in [6.07, 6.45) is 1.39. The molecule has 1 N–H and O–H groups in total. The van der Waals surface area contributed by atoms with Gasteiger partial charge in [-0.05, 0) is 47.6 Å². The molecular formula is C18H24N2S. The predicted octanol–water partition coefficient (Wildman–Crippen LogP) is 4.50. The number of fused-ring (bicyclic) bond motifs is 2. The number of para-hydroxylation sites is 1. The lowest BCUT2D eigenvalue weighted by molar-refractivity contribution is 0.239. The third-order valence-electron chi connectivity index (χ3n) is 6.01. The second-order valence-electron chi connectivity index (χ2n) is 7.54. The third kappa shape index (κ3) is 2.21. The van der Waals surface area contributed by atoms with Gasteiger partial charge in [-0.1, -0.05) is 50.7 Å². The third-order valence-corrected chi connectivity index (χ3v) is 7.09. The van der Waals surface area contributed by atoms with Crippen molar-refractivity contribution in [3.63, 3.8) is 0 Å². The summed E-state index contributed by atoms with van der Waals surface area (Å²) < 4.78 is 0. The largest absolute Gasteiger partial charge is 0.335 e. The fraction of sp³-hybridized carbons (Fsp3) is 0.611. The van der Waals surface area contributed by atoms with Gasteiger partial charge in [-0.3, -0.25) is 4.99 Å². The average molecular weight is 300 g/mol. The lowest BCUT2D eigenvalue weighted by Gasteiger charge is -2.36. The minimum atomic E-state index is 0.528. The van der Waals surface area contributed by atoms with Gasteiger partial charge in [0.2, 0.25) is 0 Å². The highest BCUT2D eigenvalue weighted by molar-refractivity contribution is 8.14. The predicted molar refractivity (Wildman–Crippen MR) is 91.8 cm³/mol. The molecule has 3 aliphatic rings. The fourth-order valence-corrected chi connectivity index (χ4v) is 5.94. The van der Waals surface area contributed by atoms with Crippen LogP contribution in [0.3, 0.4) is 0 Å². The SMILES string of the molecule is C[C@H]1C2N=C(Nc3ccccc3)SC[C@@H]2C[C@@H]2[C@H]1C2(C)C. The van der Waals surface area contributed by atoms with Crippen LogP contribution in [-0.4, -0.2) is 17.0 Å². The number of amidine groups is 1. The summed E-state index contributed by atoms with van der Waals surface area (Å²) in [7, 11) is 0. The Hall–Kier alpha value is -0.960. The van der Waals surface area contributed by atoms with Crippen molar-refractivity contribution in [3.05, 3.63) is 30.3 Å². The van der Waals surface area contributed by atoms with E-state index in [-0.39, 0.29) is 0 Å². The van der Waals surface area contributed by atoms with Gasteiger partial charge in [0.15, 0.2) is 5.17 Å². The second-order valence-corrected chi connectivity index (χ2v) is 8.54. The van der Waals surface area contributed by atoms with Gasteiger partial charge in [0.25, 0.3) is 0 Å². The van der Waals surface area contributed by atoms with Crippen molar-refractivity contribution in [2.45, 2.75) is 33.2 Å². The number of rotatable bonds is 1. The van der Waals surface area contributed by atoms with Gasteiger partial charge in [-0.15, -0.1) is 0 Å². The Morgan fingerprint density at radius 1 is 1.24 bits per heavy atom. The van der Waals surface area contributed by atoms with Crippen LogP contribution in [-0.2, 0) is 0 Å². The van der Waals surface area contributed by atoms with Gasteiger partial charge in [0.1, 0.15) is 0 Å². The van der Waals surface area contributed by atoms with E-state index in [2.05, 4.69) is 56.4 Å². The molecule has 1 aromatic rings. The van der Waals surface area contributed by atoms with E-state index >= 15 is 0 Å². The van der Waals surface area contributed by atoms with E-state index in [1.807, 2.05) is 11.8 Å². The summed E-state index contributed by atoms with van der Waals surface area (Å²) in [4.78, 5) is 5.09. The zero-order valence-electron chi connectivity index (χ0n) is 13.0. The lowest BCUT2D eigenvalue weighted by atomic mass is 9.79. The zero-order chi connectivity index (χ0) is 14.6. The topological polar surface area (TPSA) is 24.4 Å². The molecule has 21 heavy (non-hydrogen) atoms. The Kier molecular flexibility index (Phi) is 3.11. The Balaban J connectivity index is 1.53. The number of thioether (sulfide) groups is 1. The van der Waals surface area contributed by atoms with Gasteiger partial charge in [0, 0.05) is 11.4 Å². The van der Waals surface area contributed by atoms with Gasteiger partial charge in [-0.2, -0.15) is 0 Å². The first-order chi connectivity index (χ1) is 10.1. The number of hydrogen-bond acceptors (Lipinski definition) is 3. The summed E-state index contributed by atoms with van der Waals surface area (Å²) >= 11 is 1.91. The molecule has 1 unspecified atom stereocenters. The van der Waals surface area contributed by atoms with Crippen LogP contribution in [0.4, 0.5) is 5.69 Å². The van der Waals surface area contributed by atoms with Crippen LogP contribution in [0, 0.1) is 29.1 Å². The maximum Gasteiger partial charge on any atom is 0.161 e. The van der Waals surface area contributed by atoms with E-state index in [4.69, 9.17) is 4.99 Å². The number of hydrogen-bond donors (Lipinski definition) is 1. The van der Waals surface area contributed by atoms with Gasteiger partial charge >= 0.3 is 0 Å². The van der Waals surface area contributed by atoms with Crippen LogP contribution in [0.5, 0.6) is 0 Å². The fourth-order valence-electron chi connectivity index (χ4n) is 4.85. The Bertz CT molecular complexity index is 566. The standard InChI is InChI=1S/C18H24N2S/c1-11-15-14(18(15,2)3)9-12-10-21-17(20-16(11)12)19-13-7-5-4-6-8-13/h4-8,11-12,14-16H,9-10H2,1-3H3,(H,19,20)/t11-,12+,14-,15+,16?/m1/s1. The minimum Gasteiger partial charge on any atom is -0.335 e. The molecule has 1 aliphatic heterocycles. The molecule has 0 bridgehead atoms. The monoisotopic (exact) mass is 300 g/mol. The first kappa shape index (κ1) is 13.7. The maximum absolute atomic E-state index is 5.09. The molecule has 0 radical (unpaired) electrons. The summed E-state index contributed by atoms with van der Waals surface area (Å²) in [5.41, 5.74) is 1.71. The average Bonchev–Trinajstić information content (AvgIpc) is 3.03. The van der Waals surface area contributed by atoms with Crippen LogP contribution in [0.1, 0.15) is 27.2 Å². The highest BCUT2D eigenvalue weighted by Gasteiger charge is 2.64. The van der Waals surface area contributed by atoms with E-state index in [1.54, 1.807) is 0 Å². The molecule has 4 rings (SSSR count). The molecule has 3 heteroatoms. The summed E-state index contributed by atoms with van der Waals surface area (Å²) in [6.45, 7) is 7.34. The van der Waals surface area contributed by atoms with Crippen LogP contribution in [0.2, 0.25) is 0 Å². The van der Waals surface area contributed by atoms with E-state index in [9.17, 15) is 0 Å². The first-order valence-corrected chi connectivity index (χ1v) is 9.08. The van der Waals surface area contributed by atoms with Crippen molar-refractivity contribution < 1.29 is 0 Å². The molecule has 5 atom stereocenters. The normalized spacial score (nSPS) is 39.8. The molecule has 112 valence electrons. The molecular weight excluding hydrogens is 276 g/mol. The minimum absolute atomic E-state index is 0.528. The maximum atomic E-state index is 5.09. The lowest BCUT2D eigenvalue weighted by Crippen LogP contribution is -2.38. The van der Waals surface area contributed by atoms with Gasteiger partial charge < -0.3 is 5.32 Å². The number of benzene rings is 1. The number of nitrogens with zero attached hydrogens (tertiary/aromatic N) is 1.